The number of halogens is 2. The van der Waals surface area contributed by atoms with Crippen LogP contribution in [0.25, 0.3) is 5.57 Å². The lowest BCUT2D eigenvalue weighted by Crippen LogP contribution is -2.32. The molecule has 0 unspecified atom stereocenters. The Balaban J connectivity index is 1.53. The fraction of sp³-hybridized carbons (Fsp3) is 0.174. The van der Waals surface area contributed by atoms with E-state index in [9.17, 15) is 18.8 Å². The molecule has 1 aliphatic rings. The minimum absolute atomic E-state index is 0.0730. The predicted molar refractivity (Wildman–Crippen MR) is 115 cm³/mol. The van der Waals surface area contributed by atoms with Crippen molar-refractivity contribution in [3.63, 3.8) is 0 Å². The number of rotatable bonds is 4. The summed E-state index contributed by atoms with van der Waals surface area (Å²) in [5, 5.41) is 11.7. The monoisotopic (exact) mass is 432 g/mol. The number of hydrogen-bond acceptors (Lipinski definition) is 6. The molecule has 0 aliphatic carbocycles. The number of nitrogens with one attached hydrogen (secondary N) is 1. The number of nitrogens with zero attached hydrogens (tertiary/aromatic N) is 5. The minimum atomic E-state index is -0.957. The number of anilines is 2. The second-order valence-electron chi connectivity index (χ2n) is 7.25. The zero-order chi connectivity index (χ0) is 22.7. The Labute approximate surface area is 183 Å². The van der Waals surface area contributed by atoms with Gasteiger partial charge < -0.3 is 10.2 Å². The van der Waals surface area contributed by atoms with Crippen molar-refractivity contribution in [3.8, 4) is 6.07 Å². The van der Waals surface area contributed by atoms with Crippen molar-refractivity contribution >= 4 is 23.1 Å². The van der Waals surface area contributed by atoms with E-state index in [0.29, 0.717) is 23.6 Å². The van der Waals surface area contributed by atoms with Crippen LogP contribution in [0.2, 0.25) is 0 Å². The lowest BCUT2D eigenvalue weighted by atomic mass is 9.98. The van der Waals surface area contributed by atoms with Crippen LogP contribution in [0, 0.1) is 23.0 Å². The van der Waals surface area contributed by atoms with Gasteiger partial charge in [0, 0.05) is 19.3 Å². The molecule has 0 saturated carbocycles. The smallest absolute Gasteiger partial charge is 0.262 e. The number of aromatic nitrogens is 3. The van der Waals surface area contributed by atoms with Gasteiger partial charge in [-0.05, 0) is 43.2 Å². The second kappa shape index (κ2) is 8.89. The summed E-state index contributed by atoms with van der Waals surface area (Å²) in [5.74, 6) is -2.17. The zero-order valence-corrected chi connectivity index (χ0v) is 17.1. The van der Waals surface area contributed by atoms with Gasteiger partial charge in [-0.2, -0.15) is 5.26 Å². The third-order valence-corrected chi connectivity index (χ3v) is 5.22. The average molecular weight is 432 g/mol. The summed E-state index contributed by atoms with van der Waals surface area (Å²) in [6.45, 7) is 3.23. The highest BCUT2D eigenvalue weighted by Gasteiger charge is 2.22. The summed E-state index contributed by atoms with van der Waals surface area (Å²) < 4.78 is 27.6. The maximum absolute atomic E-state index is 13.8. The van der Waals surface area contributed by atoms with E-state index in [1.807, 2.05) is 11.8 Å². The summed E-state index contributed by atoms with van der Waals surface area (Å²) >= 11 is 0. The molecule has 0 bridgehead atoms. The maximum atomic E-state index is 13.8. The van der Waals surface area contributed by atoms with Gasteiger partial charge in [0.25, 0.3) is 5.91 Å². The van der Waals surface area contributed by atoms with Crippen molar-refractivity contribution in [2.45, 2.75) is 13.3 Å². The van der Waals surface area contributed by atoms with Gasteiger partial charge in [0.05, 0.1) is 23.7 Å². The van der Waals surface area contributed by atoms with E-state index in [4.69, 9.17) is 0 Å². The molecule has 0 fully saturated rings. The number of nitriles is 1. The van der Waals surface area contributed by atoms with E-state index in [0.717, 1.165) is 36.2 Å². The fourth-order valence-electron chi connectivity index (χ4n) is 3.52. The summed E-state index contributed by atoms with van der Waals surface area (Å²) in [5.41, 5.74) is 2.50. The van der Waals surface area contributed by atoms with Gasteiger partial charge in [-0.15, -0.1) is 0 Å². The maximum Gasteiger partial charge on any atom is 0.262 e. The van der Waals surface area contributed by atoms with Crippen molar-refractivity contribution in [1.82, 2.24) is 15.0 Å². The molecule has 1 N–H and O–H groups in total. The van der Waals surface area contributed by atoms with Crippen LogP contribution < -0.4 is 10.2 Å². The van der Waals surface area contributed by atoms with Crippen LogP contribution in [0.4, 0.5) is 20.4 Å². The molecule has 0 radical (unpaired) electrons. The quantitative estimate of drug-likeness (QED) is 0.671. The number of carbonyl (C=O) groups is 1. The Morgan fingerprint density at radius 3 is 2.59 bits per heavy atom. The van der Waals surface area contributed by atoms with Gasteiger partial charge in [-0.25, -0.2) is 18.7 Å². The van der Waals surface area contributed by atoms with Gasteiger partial charge in [-0.1, -0.05) is 11.6 Å². The molecule has 1 aromatic carbocycles. The van der Waals surface area contributed by atoms with Crippen molar-refractivity contribution in [2.75, 3.05) is 23.3 Å². The van der Waals surface area contributed by atoms with E-state index >= 15 is 0 Å². The number of carbonyl (C=O) groups excluding carboxylic acids is 1. The lowest BCUT2D eigenvalue weighted by molar-refractivity contribution is 0.101. The van der Waals surface area contributed by atoms with Gasteiger partial charge in [-0.3, -0.25) is 9.78 Å². The molecular formula is C23H18F2N6O. The highest BCUT2D eigenvalue weighted by atomic mass is 19.1. The Morgan fingerprint density at radius 2 is 1.91 bits per heavy atom. The Bertz CT molecular complexity index is 1230. The highest BCUT2D eigenvalue weighted by molar-refractivity contribution is 6.04. The van der Waals surface area contributed by atoms with Crippen LogP contribution >= 0.6 is 0 Å². The Morgan fingerprint density at radius 1 is 1.12 bits per heavy atom. The lowest BCUT2D eigenvalue weighted by Gasteiger charge is -2.31. The molecule has 2 aromatic heterocycles. The average Bonchev–Trinajstić information content (AvgIpc) is 2.80. The number of benzene rings is 1. The summed E-state index contributed by atoms with van der Waals surface area (Å²) in [4.78, 5) is 27.2. The Kier molecular flexibility index (Phi) is 5.85. The number of pyridine rings is 1. The molecule has 4 rings (SSSR count). The van der Waals surface area contributed by atoms with Gasteiger partial charge >= 0.3 is 0 Å². The molecule has 1 aliphatic heterocycles. The van der Waals surface area contributed by atoms with Crippen molar-refractivity contribution in [3.05, 3.63) is 83.0 Å². The first kappa shape index (κ1) is 21.1. The first-order valence-corrected chi connectivity index (χ1v) is 9.84. The largest absolute Gasteiger partial charge is 0.351 e. The molecule has 3 aromatic rings. The molecule has 9 heteroatoms. The zero-order valence-electron chi connectivity index (χ0n) is 17.1. The van der Waals surface area contributed by atoms with Crippen LogP contribution in [0.15, 0.2) is 54.5 Å². The number of amides is 1. The van der Waals surface area contributed by atoms with Crippen molar-refractivity contribution in [2.24, 2.45) is 0 Å². The molecule has 0 atom stereocenters. The Hall–Kier alpha value is -4.19. The van der Waals surface area contributed by atoms with Gasteiger partial charge in [0.2, 0.25) is 0 Å². The number of hydrogen-bond donors (Lipinski definition) is 1. The molecule has 1 amide bonds. The van der Waals surface area contributed by atoms with E-state index in [1.54, 1.807) is 18.3 Å². The van der Waals surface area contributed by atoms with Crippen LogP contribution in [-0.2, 0) is 0 Å². The standard InChI is InChI=1S/C23H18F2N6O/c1-14-7-9-31(22-15(10-26)4-3-8-27-22)13-16(14)19-11-29-20(12-28-19)30-23(32)21-17(24)5-2-6-18(21)25/h2-6,8,11-12H,7,9,13H2,1H3,(H,29,30,32). The van der Waals surface area contributed by atoms with Crippen LogP contribution in [-0.4, -0.2) is 33.9 Å². The topological polar surface area (TPSA) is 94.8 Å². The third kappa shape index (κ3) is 4.16. The van der Waals surface area contributed by atoms with E-state index in [1.165, 1.54) is 18.5 Å². The SMILES string of the molecule is CC1=C(c2cnc(NC(=O)c3c(F)cccc3F)cn2)CN(c2ncccc2C#N)CC1. The normalized spacial score (nSPS) is 13.6. The van der Waals surface area contributed by atoms with E-state index in [-0.39, 0.29) is 5.82 Å². The molecule has 0 saturated heterocycles. The highest BCUT2D eigenvalue weighted by Crippen LogP contribution is 2.29. The molecule has 32 heavy (non-hydrogen) atoms. The molecule has 0 spiro atoms. The molecule has 7 nitrogen and oxygen atoms in total. The fourth-order valence-corrected chi connectivity index (χ4v) is 3.52. The molecular weight excluding hydrogens is 414 g/mol. The molecule has 160 valence electrons. The summed E-state index contributed by atoms with van der Waals surface area (Å²) in [7, 11) is 0. The van der Waals surface area contributed by atoms with Gasteiger partial charge in [0.15, 0.2) is 5.82 Å². The summed E-state index contributed by atoms with van der Waals surface area (Å²) in [6.07, 6.45) is 5.26. The van der Waals surface area contributed by atoms with Gasteiger partial charge in [0.1, 0.15) is 29.1 Å². The van der Waals surface area contributed by atoms with Crippen molar-refractivity contribution in [1.29, 1.82) is 5.26 Å². The first-order chi connectivity index (χ1) is 15.5. The van der Waals surface area contributed by atoms with Crippen molar-refractivity contribution < 1.29 is 13.6 Å². The van der Waals surface area contributed by atoms with Crippen LogP contribution in [0.3, 0.4) is 0 Å². The van der Waals surface area contributed by atoms with E-state index in [2.05, 4.69) is 26.3 Å². The third-order valence-electron chi connectivity index (χ3n) is 5.22. The molecule has 3 heterocycles. The minimum Gasteiger partial charge on any atom is -0.351 e. The second-order valence-corrected chi connectivity index (χ2v) is 7.25. The van der Waals surface area contributed by atoms with Crippen LogP contribution in [0.5, 0.6) is 0 Å². The first-order valence-electron chi connectivity index (χ1n) is 9.84. The predicted octanol–water partition coefficient (Wildman–Crippen LogP) is 3.96. The van der Waals surface area contributed by atoms with Crippen LogP contribution in [0.1, 0.15) is 35.0 Å². The van der Waals surface area contributed by atoms with E-state index < -0.39 is 23.1 Å². The summed E-state index contributed by atoms with van der Waals surface area (Å²) in [6, 6.07) is 8.82.